The third-order valence-electron chi connectivity index (χ3n) is 3.79. The summed E-state index contributed by atoms with van der Waals surface area (Å²) in [6.45, 7) is 2.42. The molecule has 0 aliphatic rings. The molecule has 0 unspecified atom stereocenters. The molecule has 0 saturated carbocycles. The molecule has 0 amide bonds. The number of hydrogen-bond acceptors (Lipinski definition) is 3. The molecule has 1 N–H and O–H groups in total. The molecule has 3 aromatic rings. The summed E-state index contributed by atoms with van der Waals surface area (Å²) in [6, 6.07) is 11.6. The molecule has 21 heavy (non-hydrogen) atoms. The summed E-state index contributed by atoms with van der Waals surface area (Å²) >= 11 is 0. The molecular formula is C16H17N3O2. The van der Waals surface area contributed by atoms with E-state index < -0.39 is 0 Å². The highest BCUT2D eigenvalue weighted by Crippen LogP contribution is 2.15. The van der Waals surface area contributed by atoms with Gasteiger partial charge in [0.2, 0.25) is 0 Å². The Balaban J connectivity index is 2.17. The van der Waals surface area contributed by atoms with Crippen LogP contribution < -0.4 is 5.69 Å². The maximum Gasteiger partial charge on any atom is 0.330 e. The van der Waals surface area contributed by atoms with E-state index in [4.69, 9.17) is 0 Å². The number of hydrogen-bond donors (Lipinski definition) is 1. The van der Waals surface area contributed by atoms with Gasteiger partial charge in [-0.15, -0.1) is 0 Å². The molecule has 0 aliphatic heterocycles. The van der Waals surface area contributed by atoms with Crippen molar-refractivity contribution in [2.45, 2.75) is 20.1 Å². The van der Waals surface area contributed by atoms with E-state index in [1.807, 2.05) is 37.3 Å². The average Bonchev–Trinajstić information content (AvgIpc) is 2.74. The van der Waals surface area contributed by atoms with Gasteiger partial charge in [-0.2, -0.15) is 0 Å². The summed E-state index contributed by atoms with van der Waals surface area (Å²) < 4.78 is 3.23. The maximum atomic E-state index is 12.4. The second-order valence-electron chi connectivity index (χ2n) is 5.16. The number of aliphatic hydroxyl groups is 1. The summed E-state index contributed by atoms with van der Waals surface area (Å²) in [6.07, 6.45) is 0. The predicted octanol–water partition coefficient (Wildman–Crippen LogP) is 1.58. The topological polar surface area (TPSA) is 60.0 Å². The second-order valence-corrected chi connectivity index (χ2v) is 5.16. The highest BCUT2D eigenvalue weighted by Gasteiger charge is 2.13. The SMILES string of the molecule is Cc1ccccc1Cn1c(=O)n(C)c2nc(CO)ccc21. The van der Waals surface area contributed by atoms with E-state index >= 15 is 0 Å². The van der Waals surface area contributed by atoms with Crippen LogP contribution in [-0.2, 0) is 20.2 Å². The summed E-state index contributed by atoms with van der Waals surface area (Å²) in [5.74, 6) is 0. The third-order valence-corrected chi connectivity index (χ3v) is 3.79. The van der Waals surface area contributed by atoms with Crippen LogP contribution in [0.3, 0.4) is 0 Å². The number of aliphatic hydroxyl groups excluding tert-OH is 1. The maximum absolute atomic E-state index is 12.4. The first-order valence-corrected chi connectivity index (χ1v) is 6.82. The Hall–Kier alpha value is -2.40. The van der Waals surface area contributed by atoms with Crippen LogP contribution in [0, 0.1) is 6.92 Å². The van der Waals surface area contributed by atoms with Crippen LogP contribution in [-0.4, -0.2) is 19.2 Å². The minimum Gasteiger partial charge on any atom is -0.390 e. The minimum atomic E-state index is -0.132. The summed E-state index contributed by atoms with van der Waals surface area (Å²) in [5.41, 5.74) is 4.10. The Kier molecular flexibility index (Phi) is 3.35. The number of fused-ring (bicyclic) bond motifs is 1. The molecule has 2 heterocycles. The van der Waals surface area contributed by atoms with Crippen molar-refractivity contribution >= 4 is 11.2 Å². The second kappa shape index (κ2) is 5.18. The zero-order valence-electron chi connectivity index (χ0n) is 12.1. The standard InChI is InChI=1S/C16H17N3O2/c1-11-5-3-4-6-12(11)9-19-14-8-7-13(10-20)17-15(14)18(2)16(19)21/h3-8,20H,9-10H2,1-2H3. The van der Waals surface area contributed by atoms with Gasteiger partial charge in [-0.3, -0.25) is 9.13 Å². The van der Waals surface area contributed by atoms with Gasteiger partial charge < -0.3 is 5.11 Å². The lowest BCUT2D eigenvalue weighted by Crippen LogP contribution is -2.23. The molecule has 3 rings (SSSR count). The first-order chi connectivity index (χ1) is 10.1. The number of benzene rings is 1. The van der Waals surface area contributed by atoms with E-state index in [-0.39, 0.29) is 12.3 Å². The highest BCUT2D eigenvalue weighted by molar-refractivity contribution is 5.72. The van der Waals surface area contributed by atoms with E-state index in [2.05, 4.69) is 4.98 Å². The van der Waals surface area contributed by atoms with Crippen molar-refractivity contribution < 1.29 is 5.11 Å². The van der Waals surface area contributed by atoms with Gasteiger partial charge in [-0.05, 0) is 30.2 Å². The lowest BCUT2D eigenvalue weighted by atomic mass is 10.1. The summed E-state index contributed by atoms with van der Waals surface area (Å²) in [5, 5.41) is 9.18. The van der Waals surface area contributed by atoms with Crippen LogP contribution in [0.4, 0.5) is 0 Å². The third kappa shape index (κ3) is 2.25. The van der Waals surface area contributed by atoms with E-state index in [0.717, 1.165) is 16.6 Å². The Labute approximate surface area is 122 Å². The molecular weight excluding hydrogens is 266 g/mol. The Morgan fingerprint density at radius 3 is 2.67 bits per heavy atom. The van der Waals surface area contributed by atoms with Crippen LogP contribution in [0.25, 0.3) is 11.2 Å². The molecule has 1 aromatic carbocycles. The van der Waals surface area contributed by atoms with Gasteiger partial charge in [0.05, 0.1) is 24.4 Å². The molecule has 0 atom stereocenters. The van der Waals surface area contributed by atoms with Crippen molar-refractivity contribution in [3.63, 3.8) is 0 Å². The van der Waals surface area contributed by atoms with Gasteiger partial charge in [0.15, 0.2) is 5.65 Å². The predicted molar refractivity (Wildman–Crippen MR) is 81.2 cm³/mol. The quantitative estimate of drug-likeness (QED) is 0.794. The zero-order valence-corrected chi connectivity index (χ0v) is 12.1. The first-order valence-electron chi connectivity index (χ1n) is 6.82. The van der Waals surface area contributed by atoms with Crippen molar-refractivity contribution in [1.29, 1.82) is 0 Å². The largest absolute Gasteiger partial charge is 0.390 e. The van der Waals surface area contributed by atoms with Crippen molar-refractivity contribution in [2.75, 3.05) is 0 Å². The van der Waals surface area contributed by atoms with Gasteiger partial charge in [-0.25, -0.2) is 9.78 Å². The number of imidazole rings is 1. The number of nitrogens with zero attached hydrogens (tertiary/aromatic N) is 3. The molecule has 0 spiro atoms. The lowest BCUT2D eigenvalue weighted by molar-refractivity contribution is 0.277. The Morgan fingerprint density at radius 2 is 1.95 bits per heavy atom. The fourth-order valence-corrected chi connectivity index (χ4v) is 2.51. The molecule has 2 aromatic heterocycles. The van der Waals surface area contributed by atoms with E-state index in [1.54, 1.807) is 17.7 Å². The van der Waals surface area contributed by atoms with Gasteiger partial charge in [-0.1, -0.05) is 24.3 Å². The summed E-state index contributed by atoms with van der Waals surface area (Å²) in [4.78, 5) is 16.8. The van der Waals surface area contributed by atoms with Gasteiger partial charge >= 0.3 is 5.69 Å². The molecule has 0 aliphatic carbocycles. The smallest absolute Gasteiger partial charge is 0.330 e. The van der Waals surface area contributed by atoms with Crippen molar-refractivity contribution in [2.24, 2.45) is 7.05 Å². The van der Waals surface area contributed by atoms with Gasteiger partial charge in [0.1, 0.15) is 0 Å². The molecule has 5 nitrogen and oxygen atoms in total. The average molecular weight is 283 g/mol. The van der Waals surface area contributed by atoms with E-state index in [9.17, 15) is 9.90 Å². The number of pyridine rings is 1. The number of aryl methyl sites for hydroxylation is 2. The van der Waals surface area contributed by atoms with Crippen molar-refractivity contribution in [3.8, 4) is 0 Å². The van der Waals surface area contributed by atoms with Crippen LogP contribution in [0.1, 0.15) is 16.8 Å². The molecule has 108 valence electrons. The van der Waals surface area contributed by atoms with Crippen molar-refractivity contribution in [1.82, 2.24) is 14.1 Å². The van der Waals surface area contributed by atoms with Crippen LogP contribution in [0.2, 0.25) is 0 Å². The Morgan fingerprint density at radius 1 is 1.19 bits per heavy atom. The highest BCUT2D eigenvalue weighted by atomic mass is 16.3. The van der Waals surface area contributed by atoms with Crippen LogP contribution >= 0.6 is 0 Å². The summed E-state index contributed by atoms with van der Waals surface area (Å²) in [7, 11) is 1.70. The zero-order chi connectivity index (χ0) is 15.0. The van der Waals surface area contributed by atoms with Gasteiger partial charge in [0.25, 0.3) is 0 Å². The molecule has 0 fully saturated rings. The van der Waals surface area contributed by atoms with Crippen LogP contribution in [0.15, 0.2) is 41.2 Å². The molecule has 0 radical (unpaired) electrons. The monoisotopic (exact) mass is 283 g/mol. The number of rotatable bonds is 3. The normalized spacial score (nSPS) is 11.2. The fourth-order valence-electron chi connectivity index (χ4n) is 2.51. The molecule has 5 heteroatoms. The molecule has 0 bridgehead atoms. The van der Waals surface area contributed by atoms with Gasteiger partial charge in [0, 0.05) is 7.05 Å². The van der Waals surface area contributed by atoms with E-state index in [1.165, 1.54) is 4.57 Å². The number of aromatic nitrogens is 3. The first kappa shape index (κ1) is 13.6. The van der Waals surface area contributed by atoms with Crippen LogP contribution in [0.5, 0.6) is 0 Å². The lowest BCUT2D eigenvalue weighted by Gasteiger charge is -2.06. The minimum absolute atomic E-state index is 0.101. The fraction of sp³-hybridized carbons (Fsp3) is 0.250. The Bertz CT molecular complexity index is 862. The van der Waals surface area contributed by atoms with Crippen molar-refractivity contribution in [3.05, 3.63) is 63.7 Å². The molecule has 0 saturated heterocycles. The van der Waals surface area contributed by atoms with E-state index in [0.29, 0.717) is 17.9 Å².